The molecule has 18 aromatic rings. The van der Waals surface area contributed by atoms with Crippen molar-refractivity contribution in [1.29, 1.82) is 0 Å². The number of pyridine rings is 6. The van der Waals surface area contributed by atoms with Gasteiger partial charge < -0.3 is 24.1 Å². The Hall–Kier alpha value is -11.3. The number of fused-ring (bicyclic) bond motifs is 12. The Morgan fingerprint density at radius 3 is 1.62 bits per heavy atom. The van der Waals surface area contributed by atoms with Crippen LogP contribution in [0.1, 0.15) is 39.5 Å². The Kier molecular flexibility index (Phi) is 24.2. The Labute approximate surface area is 702 Å². The van der Waals surface area contributed by atoms with Crippen LogP contribution < -0.4 is 28.8 Å². The molecular weight excluding hydrogens is 2020 g/mol. The van der Waals surface area contributed by atoms with Crippen molar-refractivity contribution in [2.24, 2.45) is 17.0 Å². The average Bonchev–Trinajstić information content (AvgIpc) is 1.62. The Morgan fingerprint density at radius 1 is 0.420 bits per heavy atom. The number of aryl methyl sites for hydroxylation is 5. The molecule has 3 aliphatic heterocycles. The van der Waals surface area contributed by atoms with Crippen LogP contribution in [-0.4, -0.2) is 51.3 Å². The predicted molar refractivity (Wildman–Crippen MR) is 436 cm³/mol. The van der Waals surface area contributed by atoms with Crippen molar-refractivity contribution in [2.75, 3.05) is 0 Å². The standard InChI is InChI=1S/2C24H17N2.C16H14IN3.C16H14N3.C16H11N2.3Ir/c1-17-13-14-25-22(15-17)18-7-6-8-19(16-18)26-23-11-4-2-9-20(23)21-10-3-5-12-24(21)26;1-17-14-15-25-22(16-17)18-10-12-19(13-11-18)26-23-8-4-2-6-20(23)21-7-3-5-9-24(21)26;1-11-6-8-20-16(9-11)13-10-12(3-4-14(13)17-20)15-5-7-18-19(15)2;1-11-4-7-19-10-13-3-2-12(16-17-5-6-18-16)9-14(13)15(19)8-11;1-2-10-18-16(8-1)14-6-3-5-13(11-14)15-7-4-9-17-12-15;;;/h2-6,8-16H,1H3;2-10,12-16H,1H3;3-10H,1-2H3;2-9,16H,10H2,1H3;1-5,7-12H;;;/q2*-1;;+1;-1;;;. The van der Waals surface area contributed by atoms with Crippen LogP contribution >= 0.6 is 0 Å². The van der Waals surface area contributed by atoms with Gasteiger partial charge in [0.15, 0.2) is 18.9 Å². The van der Waals surface area contributed by atoms with Crippen LogP contribution in [0.15, 0.2) is 333 Å². The minimum atomic E-state index is -0.0949. The normalized spacial score (nSPS) is 11.8. The molecule has 553 valence electrons. The molecule has 0 bridgehead atoms. The zero-order chi connectivity index (χ0) is 73.7. The smallest absolute Gasteiger partial charge is 0.213 e. The maximum absolute atomic E-state index is 4.52. The van der Waals surface area contributed by atoms with Gasteiger partial charge in [0.1, 0.15) is 0 Å². The second-order valence-electron chi connectivity index (χ2n) is 27.2. The van der Waals surface area contributed by atoms with Crippen molar-refractivity contribution in [3.05, 3.63) is 378 Å². The number of aromatic nitrogens is 10. The summed E-state index contributed by atoms with van der Waals surface area (Å²) in [5.41, 5.74) is 30.5. The fourth-order valence-corrected chi connectivity index (χ4v) is 17.0. The van der Waals surface area contributed by atoms with Gasteiger partial charge in [0.2, 0.25) is 5.69 Å². The first-order chi connectivity index (χ1) is 53.6. The Balaban J connectivity index is 0.000000116. The molecule has 0 fully saturated rings. The number of aliphatic imine (C=N–C) groups is 2. The van der Waals surface area contributed by atoms with E-state index >= 15 is 0 Å². The van der Waals surface area contributed by atoms with Gasteiger partial charge in [-0.2, -0.15) is 4.57 Å². The molecule has 0 unspecified atom stereocenters. The molecule has 9 aromatic heterocycles. The van der Waals surface area contributed by atoms with Gasteiger partial charge in [-0.15, -0.1) is 89.5 Å². The van der Waals surface area contributed by atoms with E-state index in [-0.39, 0.29) is 88.0 Å². The minimum Gasteiger partial charge on any atom is -0.351 e. The largest absolute Gasteiger partial charge is 0.351 e. The summed E-state index contributed by atoms with van der Waals surface area (Å²) in [7, 11) is 1.99. The molecule has 0 saturated carbocycles. The zero-order valence-electron chi connectivity index (χ0n) is 61.8. The number of para-hydroxylation sites is 4. The molecule has 0 spiro atoms. The third kappa shape index (κ3) is 16.4. The molecule has 0 atom stereocenters. The quantitative estimate of drug-likeness (QED) is 0.0855. The first-order valence-corrected chi connectivity index (χ1v) is 38.3. The van der Waals surface area contributed by atoms with E-state index < -0.39 is 0 Å². The molecule has 12 nitrogen and oxygen atoms in total. The molecule has 0 amide bonds. The maximum Gasteiger partial charge on any atom is 0.213 e. The van der Waals surface area contributed by atoms with Gasteiger partial charge in [-0.3, -0.25) is 15.0 Å². The van der Waals surface area contributed by atoms with Crippen molar-refractivity contribution < 1.29 is 89.1 Å². The topological polar surface area (TPSA) is 112 Å². The van der Waals surface area contributed by atoms with Crippen molar-refractivity contribution >= 4 is 56.0 Å². The predicted octanol–water partition coefficient (Wildman–Crippen LogP) is 17.4. The third-order valence-corrected chi connectivity index (χ3v) is 22.6. The number of halogens is 1. The van der Waals surface area contributed by atoms with Crippen LogP contribution in [0, 0.1) is 49.5 Å². The minimum absolute atomic E-state index is 0. The van der Waals surface area contributed by atoms with E-state index in [2.05, 4.69) is 322 Å². The van der Waals surface area contributed by atoms with E-state index in [9.17, 15) is 0 Å². The fourth-order valence-electron chi connectivity index (χ4n) is 14.4. The van der Waals surface area contributed by atoms with E-state index in [1.165, 1.54) is 109 Å². The van der Waals surface area contributed by atoms with Crippen LogP contribution in [0.2, 0.25) is 0 Å². The number of hydrogen-bond acceptors (Lipinski definition) is 7. The summed E-state index contributed by atoms with van der Waals surface area (Å²) < 4.78 is 12.8. The summed E-state index contributed by atoms with van der Waals surface area (Å²) in [6.07, 6.45) is 18.8. The maximum atomic E-state index is 4.52. The van der Waals surface area contributed by atoms with E-state index in [0.29, 0.717) is 0 Å². The Bertz CT molecular complexity index is 6300. The third-order valence-electron chi connectivity index (χ3n) is 19.7. The summed E-state index contributed by atoms with van der Waals surface area (Å²) in [6, 6.07) is 105. The van der Waals surface area contributed by atoms with Crippen LogP contribution in [-0.2, 0) is 73.9 Å². The van der Waals surface area contributed by atoms with Crippen LogP contribution in [0.5, 0.6) is 0 Å². The molecular formula is C96H73IIr3N12-2. The zero-order valence-corrected chi connectivity index (χ0v) is 71.1. The summed E-state index contributed by atoms with van der Waals surface area (Å²) >= 11 is -0.0949. The molecule has 112 heavy (non-hydrogen) atoms. The molecule has 0 saturated heterocycles. The van der Waals surface area contributed by atoms with E-state index in [1.807, 2.05) is 97.2 Å². The first-order valence-electron chi connectivity index (χ1n) is 36.3. The van der Waals surface area contributed by atoms with Gasteiger partial charge >= 0.3 is 128 Å². The molecule has 3 aliphatic rings. The molecule has 3 radical (unpaired) electrons. The number of nitrogens with zero attached hydrogens (tertiary/aromatic N) is 12. The van der Waals surface area contributed by atoms with Crippen molar-refractivity contribution in [2.45, 2.75) is 40.4 Å². The van der Waals surface area contributed by atoms with Gasteiger partial charge in [-0.25, -0.2) is 0 Å². The number of benzene rings is 9. The van der Waals surface area contributed by atoms with Crippen molar-refractivity contribution in [1.82, 2.24) is 38.9 Å². The Morgan fingerprint density at radius 2 is 1.02 bits per heavy atom. The molecule has 0 N–H and O–H groups in total. The SMILES string of the molecule is Cc1cc[n+]2c(c1)-c1cc(-c3ccnn3C)ccc1[I-]2.Cc1cc[n+]2c(c1)-c1cc(C3N=CC=N3)ccc1C2.Cc1ccnc(-c2[c-]cc(-n3c4ccccc4c4ccccc43)cc2)c1.Cc1ccnc(-c2[c-]ccc(-n3c4ccccc4c4ccccc43)c2)c1.[Ir].[Ir].[Ir].[c-]1ccc(-c2cccnc2)cc1-c1ccccn1. The first kappa shape index (κ1) is 77.4. The fraction of sp³-hybridized carbons (Fsp3) is 0.0729. The number of hydrogen-bond donors (Lipinski definition) is 0. The second kappa shape index (κ2) is 35.0. The van der Waals surface area contributed by atoms with E-state index in [1.54, 1.807) is 24.8 Å². The van der Waals surface area contributed by atoms with E-state index in [4.69, 9.17) is 0 Å². The summed E-state index contributed by atoms with van der Waals surface area (Å²) in [4.78, 5) is 26.2. The summed E-state index contributed by atoms with van der Waals surface area (Å²) in [5, 5.41) is 9.34. The van der Waals surface area contributed by atoms with Crippen LogP contribution in [0.3, 0.4) is 0 Å². The molecule has 16 heteroatoms. The molecule has 9 aromatic carbocycles. The monoisotopic (exact) mass is 2100 g/mol. The van der Waals surface area contributed by atoms with Gasteiger partial charge in [0.25, 0.3) is 0 Å². The second-order valence-corrected chi connectivity index (χ2v) is 29.9. The average molecular weight is 2100 g/mol. The molecule has 12 heterocycles. The molecule has 0 aliphatic carbocycles. The van der Waals surface area contributed by atoms with Crippen molar-refractivity contribution in [3.63, 3.8) is 0 Å². The van der Waals surface area contributed by atoms with Crippen LogP contribution in [0.4, 0.5) is 0 Å². The van der Waals surface area contributed by atoms with Gasteiger partial charge in [0, 0.05) is 154 Å². The van der Waals surface area contributed by atoms with Crippen molar-refractivity contribution in [3.8, 4) is 90.0 Å². The van der Waals surface area contributed by atoms with Gasteiger partial charge in [-0.05, 0) is 121 Å². The van der Waals surface area contributed by atoms with Gasteiger partial charge in [-0.1, -0.05) is 132 Å². The van der Waals surface area contributed by atoms with Gasteiger partial charge in [0.05, 0.1) is 16.6 Å². The van der Waals surface area contributed by atoms with E-state index in [0.717, 1.165) is 68.5 Å². The number of rotatable bonds is 8. The summed E-state index contributed by atoms with van der Waals surface area (Å²) in [6.45, 7) is 9.42. The van der Waals surface area contributed by atoms with Crippen LogP contribution in [0.25, 0.3) is 134 Å². The summed E-state index contributed by atoms with van der Waals surface area (Å²) in [5.74, 6) is 0. The molecule has 21 rings (SSSR count).